The van der Waals surface area contributed by atoms with Gasteiger partial charge in [0, 0.05) is 0 Å². The normalized spacial score (nSPS) is 29.2. The standard InChI is InChI=1S/C11H14N4O7S/c12-10-13-7-6(8(20)14-10)23-11(21)15(7)9-4(19)3(18)5(22-9)2(17)1-16/h2-5,9,16-19H,1H2,(H3,12,13,14,20)/t2?,3-,4-,5-,9-/m1/s1. The second-order valence-electron chi connectivity index (χ2n) is 5.02. The molecule has 1 saturated heterocycles. The van der Waals surface area contributed by atoms with E-state index in [2.05, 4.69) is 9.97 Å². The Labute approximate surface area is 131 Å². The third-order valence-electron chi connectivity index (χ3n) is 3.56. The average Bonchev–Trinajstić information content (AvgIpc) is 2.97. The quantitative estimate of drug-likeness (QED) is 0.337. The number of aliphatic hydroxyl groups excluding tert-OH is 4. The summed E-state index contributed by atoms with van der Waals surface area (Å²) >= 11 is 0.612. The van der Waals surface area contributed by atoms with E-state index in [0.29, 0.717) is 11.3 Å². The number of anilines is 1. The molecule has 0 saturated carbocycles. The highest BCUT2D eigenvalue weighted by Gasteiger charge is 2.47. The highest BCUT2D eigenvalue weighted by molar-refractivity contribution is 7.16. The van der Waals surface area contributed by atoms with E-state index >= 15 is 0 Å². The fourth-order valence-electron chi connectivity index (χ4n) is 2.47. The molecule has 2 aromatic heterocycles. The SMILES string of the molecule is Nc1nc(O)c2sc(=O)n([C@@H]3O[C@H](C(O)CO)[C@H](O)[C@H]3O)c2n1. The molecule has 3 rings (SSSR count). The Morgan fingerprint density at radius 2 is 2.04 bits per heavy atom. The van der Waals surface area contributed by atoms with E-state index in [1.54, 1.807) is 0 Å². The summed E-state index contributed by atoms with van der Waals surface area (Å²) in [5.41, 5.74) is 5.37. The number of hydrogen-bond donors (Lipinski definition) is 6. The zero-order chi connectivity index (χ0) is 16.9. The minimum atomic E-state index is -1.56. The van der Waals surface area contributed by atoms with Gasteiger partial charge in [-0.3, -0.25) is 9.36 Å². The number of hydrogen-bond acceptors (Lipinski definition) is 11. The van der Waals surface area contributed by atoms with Gasteiger partial charge in [0.05, 0.1) is 6.61 Å². The lowest BCUT2D eigenvalue weighted by Gasteiger charge is -2.18. The summed E-state index contributed by atoms with van der Waals surface area (Å²) in [7, 11) is 0. The van der Waals surface area contributed by atoms with Crippen molar-refractivity contribution in [3.63, 3.8) is 0 Å². The van der Waals surface area contributed by atoms with Gasteiger partial charge in [-0.15, -0.1) is 0 Å². The van der Waals surface area contributed by atoms with E-state index in [0.717, 1.165) is 4.57 Å². The molecule has 1 aliphatic rings. The lowest BCUT2D eigenvalue weighted by Crippen LogP contribution is -2.40. The first-order valence-corrected chi connectivity index (χ1v) is 7.34. The number of aromatic hydroxyl groups is 1. The highest BCUT2D eigenvalue weighted by Crippen LogP contribution is 2.34. The van der Waals surface area contributed by atoms with E-state index < -0.39 is 48.0 Å². The minimum Gasteiger partial charge on any atom is -0.492 e. The fourth-order valence-corrected chi connectivity index (χ4v) is 3.30. The molecular formula is C11H14N4O7S. The lowest BCUT2D eigenvalue weighted by molar-refractivity contribution is -0.0966. The number of nitrogens with zero attached hydrogens (tertiary/aromatic N) is 3. The van der Waals surface area contributed by atoms with Gasteiger partial charge < -0.3 is 36.0 Å². The molecule has 3 heterocycles. The third kappa shape index (κ3) is 2.45. The summed E-state index contributed by atoms with van der Waals surface area (Å²) in [6.45, 7) is -0.698. The van der Waals surface area contributed by atoms with Gasteiger partial charge in [-0.05, 0) is 0 Å². The first-order chi connectivity index (χ1) is 10.8. The molecule has 11 nitrogen and oxygen atoms in total. The number of ether oxygens (including phenoxy) is 1. The molecule has 0 aliphatic carbocycles. The van der Waals surface area contributed by atoms with Crippen LogP contribution >= 0.6 is 11.3 Å². The molecule has 0 bridgehead atoms. The van der Waals surface area contributed by atoms with Crippen LogP contribution in [-0.4, -0.2) is 71.1 Å². The predicted molar refractivity (Wildman–Crippen MR) is 76.8 cm³/mol. The summed E-state index contributed by atoms with van der Waals surface area (Å²) in [6, 6.07) is 0. The Morgan fingerprint density at radius 3 is 2.70 bits per heavy atom. The Morgan fingerprint density at radius 1 is 1.35 bits per heavy atom. The molecule has 1 fully saturated rings. The van der Waals surface area contributed by atoms with Gasteiger partial charge in [-0.25, -0.2) is 0 Å². The summed E-state index contributed by atoms with van der Waals surface area (Å²) in [6.07, 6.45) is -7.20. The molecule has 1 aliphatic heterocycles. The van der Waals surface area contributed by atoms with Gasteiger partial charge in [0.25, 0.3) is 0 Å². The molecule has 0 aromatic carbocycles. The summed E-state index contributed by atoms with van der Waals surface area (Å²) in [5, 5.41) is 48.3. The number of aromatic nitrogens is 3. The van der Waals surface area contributed by atoms with Gasteiger partial charge in [-0.1, -0.05) is 11.3 Å². The molecule has 7 N–H and O–H groups in total. The predicted octanol–water partition coefficient (Wildman–Crippen LogP) is -2.89. The first-order valence-electron chi connectivity index (χ1n) is 6.53. The maximum absolute atomic E-state index is 12.2. The van der Waals surface area contributed by atoms with Crippen LogP contribution in [0.5, 0.6) is 5.88 Å². The number of fused-ring (bicyclic) bond motifs is 1. The molecule has 0 radical (unpaired) electrons. The van der Waals surface area contributed by atoms with E-state index in [4.69, 9.17) is 15.6 Å². The molecule has 12 heteroatoms. The van der Waals surface area contributed by atoms with Crippen LogP contribution in [0.3, 0.4) is 0 Å². The zero-order valence-corrected chi connectivity index (χ0v) is 12.3. The molecule has 1 unspecified atom stereocenters. The van der Waals surface area contributed by atoms with Gasteiger partial charge >= 0.3 is 4.87 Å². The number of nitrogen functional groups attached to an aromatic ring is 1. The molecular weight excluding hydrogens is 332 g/mol. The number of thiazole rings is 1. The van der Waals surface area contributed by atoms with Crippen molar-refractivity contribution in [3.8, 4) is 5.88 Å². The third-order valence-corrected chi connectivity index (χ3v) is 4.50. The molecule has 0 spiro atoms. The lowest BCUT2D eigenvalue weighted by atomic mass is 10.1. The number of aliphatic hydroxyl groups is 4. The minimum absolute atomic E-state index is 0.0423. The van der Waals surface area contributed by atoms with Crippen molar-refractivity contribution in [1.29, 1.82) is 0 Å². The van der Waals surface area contributed by atoms with Crippen molar-refractivity contribution < 1.29 is 30.3 Å². The van der Waals surface area contributed by atoms with Gasteiger partial charge in [0.2, 0.25) is 11.8 Å². The Balaban J connectivity index is 2.10. The highest BCUT2D eigenvalue weighted by atomic mass is 32.1. The van der Waals surface area contributed by atoms with Crippen molar-refractivity contribution in [3.05, 3.63) is 9.67 Å². The van der Waals surface area contributed by atoms with E-state index in [1.807, 2.05) is 0 Å². The van der Waals surface area contributed by atoms with Crippen molar-refractivity contribution in [1.82, 2.24) is 14.5 Å². The smallest absolute Gasteiger partial charge is 0.311 e. The summed E-state index contributed by atoms with van der Waals surface area (Å²) < 4.78 is 6.28. The van der Waals surface area contributed by atoms with Crippen molar-refractivity contribution in [2.45, 2.75) is 30.6 Å². The van der Waals surface area contributed by atoms with Crippen LogP contribution in [0.25, 0.3) is 10.3 Å². The van der Waals surface area contributed by atoms with Crippen molar-refractivity contribution in [2.24, 2.45) is 0 Å². The fraction of sp³-hybridized carbons (Fsp3) is 0.545. The second kappa shape index (κ2) is 5.67. The molecule has 5 atom stereocenters. The Hall–Kier alpha value is -1.83. The molecule has 0 amide bonds. The maximum Gasteiger partial charge on any atom is 0.311 e. The first kappa shape index (κ1) is 16.0. The Bertz CT molecular complexity index is 793. The second-order valence-corrected chi connectivity index (χ2v) is 5.98. The maximum atomic E-state index is 12.2. The average molecular weight is 346 g/mol. The van der Waals surface area contributed by atoms with Crippen LogP contribution in [-0.2, 0) is 4.74 Å². The van der Waals surface area contributed by atoms with Gasteiger partial charge in [0.1, 0.15) is 29.1 Å². The van der Waals surface area contributed by atoms with E-state index in [-0.39, 0.29) is 16.3 Å². The number of nitrogens with two attached hydrogens (primary N) is 1. The van der Waals surface area contributed by atoms with Crippen molar-refractivity contribution in [2.75, 3.05) is 12.3 Å². The van der Waals surface area contributed by atoms with Crippen LogP contribution in [0.1, 0.15) is 6.23 Å². The largest absolute Gasteiger partial charge is 0.492 e. The topological polar surface area (TPSA) is 184 Å². The van der Waals surface area contributed by atoms with Crippen LogP contribution in [0.2, 0.25) is 0 Å². The zero-order valence-electron chi connectivity index (χ0n) is 11.5. The van der Waals surface area contributed by atoms with Crippen LogP contribution in [0.15, 0.2) is 4.79 Å². The monoisotopic (exact) mass is 346 g/mol. The molecule has 23 heavy (non-hydrogen) atoms. The summed E-state index contributed by atoms with van der Waals surface area (Å²) in [5.74, 6) is -0.783. The van der Waals surface area contributed by atoms with Crippen molar-refractivity contribution >= 4 is 27.6 Å². The van der Waals surface area contributed by atoms with E-state index in [9.17, 15) is 25.2 Å². The van der Waals surface area contributed by atoms with Gasteiger partial charge in [-0.2, -0.15) is 9.97 Å². The van der Waals surface area contributed by atoms with Crippen LogP contribution < -0.4 is 10.6 Å². The van der Waals surface area contributed by atoms with Crippen LogP contribution in [0.4, 0.5) is 5.95 Å². The van der Waals surface area contributed by atoms with E-state index in [1.165, 1.54) is 0 Å². The Kier molecular flexibility index (Phi) is 3.95. The molecule has 2 aromatic rings. The van der Waals surface area contributed by atoms with Gasteiger partial charge in [0.15, 0.2) is 11.9 Å². The number of rotatable bonds is 3. The van der Waals surface area contributed by atoms with Crippen LogP contribution in [0, 0.1) is 0 Å². The molecule has 126 valence electrons. The summed E-state index contributed by atoms with van der Waals surface area (Å²) in [4.78, 5) is 18.9.